The van der Waals surface area contributed by atoms with Crippen LogP contribution in [-0.4, -0.2) is 80.3 Å². The van der Waals surface area contributed by atoms with Gasteiger partial charge in [-0.15, -0.1) is 0 Å². The van der Waals surface area contributed by atoms with Gasteiger partial charge in [-0.3, -0.25) is 23.6 Å². The Bertz CT molecular complexity index is 1040. The van der Waals surface area contributed by atoms with Crippen LogP contribution in [0.1, 0.15) is 32.3 Å². The number of esters is 2. The number of carbonyl (C=O) groups is 4. The molecule has 0 fully saturated rings. The number of nitrogens with one attached hydrogen (secondary N) is 2. The molecule has 15 nitrogen and oxygen atoms in total. The van der Waals surface area contributed by atoms with Crippen LogP contribution in [0.5, 0.6) is 0 Å². The zero-order valence-corrected chi connectivity index (χ0v) is 25.9. The summed E-state index contributed by atoms with van der Waals surface area (Å²) >= 11 is 0. The van der Waals surface area contributed by atoms with E-state index in [0.29, 0.717) is 5.56 Å². The molecule has 0 saturated carbocycles. The molecule has 3 N–H and O–H groups in total. The molecule has 0 aliphatic carbocycles. The molecule has 218 valence electrons. The zero-order chi connectivity index (χ0) is 29.4. The minimum atomic E-state index is -4.58. The maximum absolute atomic E-state index is 13.0. The number of methoxy groups -OCH3 is 1. The van der Waals surface area contributed by atoms with Gasteiger partial charge in [-0.2, -0.15) is 0 Å². The molecule has 0 aliphatic rings. The zero-order valence-electron chi connectivity index (χ0n) is 23.0. The van der Waals surface area contributed by atoms with Crippen molar-refractivity contribution >= 4 is 37.7 Å². The van der Waals surface area contributed by atoms with E-state index in [0.717, 1.165) is 14.2 Å². The van der Waals surface area contributed by atoms with E-state index in [1.165, 1.54) is 6.92 Å². The average molecular weight is 597 g/mol. The number of benzene rings is 1. The van der Waals surface area contributed by atoms with Gasteiger partial charge in [0.2, 0.25) is 5.91 Å². The van der Waals surface area contributed by atoms with Gasteiger partial charge in [0.15, 0.2) is 6.04 Å². The van der Waals surface area contributed by atoms with Crippen LogP contribution in [0.3, 0.4) is 0 Å². The van der Waals surface area contributed by atoms with E-state index in [9.17, 15) is 33.7 Å². The predicted octanol–water partition coefficient (Wildman–Crippen LogP) is -2.80. The third-order valence-electron chi connectivity index (χ3n) is 4.88. The molecule has 0 spiro atoms. The molecule has 1 rings (SSSR count). The molecule has 0 saturated heterocycles. The van der Waals surface area contributed by atoms with Crippen molar-refractivity contribution in [1.29, 1.82) is 0 Å². The number of phosphoric acid groups is 1. The van der Waals surface area contributed by atoms with E-state index in [1.807, 2.05) is 0 Å². The molecular formula is C23H33N3NaO12P. The second-order valence-corrected chi connectivity index (χ2v) is 9.35. The SMILES string of the molecule is CCOC(=O)[C@H](C)NC(=O)[C@H](COP(=O)(O)OC)N=C([O-])[C@H](CCC(=O)OC)NC(=O)OCc1ccccc1.[Na+]. The molecule has 0 radical (unpaired) electrons. The fourth-order valence-electron chi connectivity index (χ4n) is 2.80. The first-order valence-electron chi connectivity index (χ1n) is 11.7. The Morgan fingerprint density at radius 2 is 1.75 bits per heavy atom. The Kier molecular flexibility index (Phi) is 18.3. The van der Waals surface area contributed by atoms with Crippen molar-refractivity contribution in [2.75, 3.05) is 27.4 Å². The normalized spacial score (nSPS) is 14.8. The minimum absolute atomic E-state index is 0. The summed E-state index contributed by atoms with van der Waals surface area (Å²) in [6, 6.07) is 4.31. The molecule has 1 aromatic rings. The minimum Gasteiger partial charge on any atom is -0.861 e. The van der Waals surface area contributed by atoms with Gasteiger partial charge < -0.3 is 34.8 Å². The fraction of sp³-hybridized carbons (Fsp3) is 0.522. The number of aliphatic imine (C=N–C) groups is 1. The number of nitrogens with zero attached hydrogens (tertiary/aromatic N) is 1. The fourth-order valence-corrected chi connectivity index (χ4v) is 3.23. The summed E-state index contributed by atoms with van der Waals surface area (Å²) in [4.78, 5) is 61.9. The van der Waals surface area contributed by atoms with E-state index in [1.54, 1.807) is 37.3 Å². The van der Waals surface area contributed by atoms with Gasteiger partial charge in [-0.05, 0) is 31.7 Å². The largest absolute Gasteiger partial charge is 1.00 e. The number of amides is 2. The summed E-state index contributed by atoms with van der Waals surface area (Å²) in [7, 11) is -2.56. The van der Waals surface area contributed by atoms with Gasteiger partial charge in [-0.1, -0.05) is 30.3 Å². The van der Waals surface area contributed by atoms with Gasteiger partial charge in [-0.25, -0.2) is 14.2 Å². The molecule has 1 unspecified atom stereocenters. The van der Waals surface area contributed by atoms with E-state index in [4.69, 9.17) is 14.0 Å². The summed E-state index contributed by atoms with van der Waals surface area (Å²) in [5.41, 5.74) is 0.672. The Morgan fingerprint density at radius 3 is 2.33 bits per heavy atom. The van der Waals surface area contributed by atoms with Crippen molar-refractivity contribution in [3.05, 3.63) is 35.9 Å². The van der Waals surface area contributed by atoms with Crippen molar-refractivity contribution in [2.24, 2.45) is 4.99 Å². The van der Waals surface area contributed by atoms with Crippen molar-refractivity contribution < 1.29 is 86.6 Å². The van der Waals surface area contributed by atoms with Crippen LogP contribution in [-0.2, 0) is 48.8 Å². The molecule has 2 amide bonds. The number of carbonyl (C=O) groups excluding carboxylic acids is 4. The standard InChI is InChI=1S/C23H34N3O12P.Na/c1-5-36-22(30)15(2)24-21(29)18(14-38-39(32,33)35-4)25-20(28)17(11-12-19(27)34-3)26-23(31)37-13-16-9-7-6-8-10-16;/h6-10,15,17-18H,5,11-14H2,1-4H3,(H,24,29)(H,25,28)(H,26,31)(H,32,33);/q;+1/p-1/t15-,17-,18-;/m0./s1. The molecule has 17 heteroatoms. The van der Waals surface area contributed by atoms with Gasteiger partial charge in [0.25, 0.3) is 0 Å². The first-order valence-corrected chi connectivity index (χ1v) is 13.2. The Morgan fingerprint density at radius 1 is 1.10 bits per heavy atom. The van der Waals surface area contributed by atoms with E-state index in [2.05, 4.69) is 24.9 Å². The van der Waals surface area contributed by atoms with Crippen LogP contribution < -0.4 is 45.3 Å². The number of ether oxygens (including phenoxy) is 3. The summed E-state index contributed by atoms with van der Waals surface area (Å²) in [5, 5.41) is 17.6. The maximum Gasteiger partial charge on any atom is 1.00 e. The Hall–Kier alpha value is -2.52. The summed E-state index contributed by atoms with van der Waals surface area (Å²) in [5.74, 6) is -3.58. The van der Waals surface area contributed by atoms with Crippen LogP contribution in [0.25, 0.3) is 0 Å². The molecule has 40 heavy (non-hydrogen) atoms. The predicted molar refractivity (Wildman–Crippen MR) is 133 cm³/mol. The third-order valence-corrected chi connectivity index (χ3v) is 5.82. The number of hydrogen-bond donors (Lipinski definition) is 3. The van der Waals surface area contributed by atoms with Gasteiger partial charge >= 0.3 is 55.4 Å². The van der Waals surface area contributed by atoms with Crippen molar-refractivity contribution in [1.82, 2.24) is 10.6 Å². The first-order chi connectivity index (χ1) is 18.4. The molecule has 0 aromatic heterocycles. The van der Waals surface area contributed by atoms with Gasteiger partial charge in [0.1, 0.15) is 12.6 Å². The summed E-state index contributed by atoms with van der Waals surface area (Å²) < 4.78 is 35.2. The number of hydrogen-bond acceptors (Lipinski definition) is 12. The smallest absolute Gasteiger partial charge is 0.861 e. The quantitative estimate of drug-likeness (QED) is 0.0440. The van der Waals surface area contributed by atoms with Crippen molar-refractivity contribution in [3.8, 4) is 0 Å². The van der Waals surface area contributed by atoms with Crippen molar-refractivity contribution in [2.45, 2.75) is 51.4 Å². The molecule has 4 atom stereocenters. The second-order valence-electron chi connectivity index (χ2n) is 7.79. The van der Waals surface area contributed by atoms with Crippen LogP contribution >= 0.6 is 7.82 Å². The third kappa shape index (κ3) is 14.7. The second kappa shape index (κ2) is 19.5. The Labute approximate surface area is 253 Å². The summed E-state index contributed by atoms with van der Waals surface area (Å²) in [6.07, 6.45) is -1.59. The van der Waals surface area contributed by atoms with E-state index < -0.39 is 62.4 Å². The summed E-state index contributed by atoms with van der Waals surface area (Å²) in [6.45, 7) is 1.90. The van der Waals surface area contributed by atoms with Crippen LogP contribution in [0.15, 0.2) is 35.3 Å². The van der Waals surface area contributed by atoms with Gasteiger partial charge in [0, 0.05) is 13.5 Å². The van der Waals surface area contributed by atoms with E-state index in [-0.39, 0.29) is 55.6 Å². The monoisotopic (exact) mass is 597 g/mol. The van der Waals surface area contributed by atoms with Crippen LogP contribution in [0.2, 0.25) is 0 Å². The molecular weight excluding hydrogens is 564 g/mol. The topological polar surface area (TPSA) is 211 Å². The maximum atomic E-state index is 13.0. The Balaban J connectivity index is 0.0000152. The van der Waals surface area contributed by atoms with E-state index >= 15 is 0 Å². The van der Waals surface area contributed by atoms with Crippen molar-refractivity contribution in [3.63, 3.8) is 0 Å². The molecule has 0 aliphatic heterocycles. The number of alkyl carbamates (subject to hydrolysis) is 1. The number of phosphoric ester groups is 1. The number of rotatable bonds is 16. The first kappa shape index (κ1) is 37.5. The molecule has 0 heterocycles. The van der Waals surface area contributed by atoms with Crippen LogP contribution in [0.4, 0.5) is 4.79 Å². The average Bonchev–Trinajstić information content (AvgIpc) is 2.92. The van der Waals surface area contributed by atoms with Crippen LogP contribution in [0, 0.1) is 0 Å². The molecule has 0 bridgehead atoms. The van der Waals surface area contributed by atoms with Gasteiger partial charge in [0.05, 0.1) is 26.4 Å². The molecule has 1 aromatic carbocycles.